The van der Waals surface area contributed by atoms with Crippen molar-refractivity contribution >= 4 is 25.5 Å². The van der Waals surface area contributed by atoms with Gasteiger partial charge in [0.25, 0.3) is 10.0 Å². The number of anilines is 1. The Morgan fingerprint density at radius 3 is 1.88 bits per heavy atom. The molecule has 0 amide bonds. The van der Waals surface area contributed by atoms with Crippen LogP contribution in [0.15, 0.2) is 58.3 Å². The lowest BCUT2D eigenvalue weighted by molar-refractivity contribution is 0.597. The Morgan fingerprint density at radius 1 is 0.800 bits per heavy atom. The van der Waals surface area contributed by atoms with Gasteiger partial charge in [0.15, 0.2) is 9.84 Å². The average molecular weight is 382 g/mol. The first kappa shape index (κ1) is 19.5. The standard InChI is InChI=1S/C18H23NO4S2/c1-3-4-5-6-15-7-9-16(10-8-15)19-25(22,23)18-13-11-17(12-14-18)24(2,20)21/h7-14,19H,3-6H2,1-2H3. The number of sulfonamides is 1. The summed E-state index contributed by atoms with van der Waals surface area (Å²) in [7, 11) is -7.11. The van der Waals surface area contributed by atoms with Gasteiger partial charge in [-0.05, 0) is 54.8 Å². The molecule has 25 heavy (non-hydrogen) atoms. The van der Waals surface area contributed by atoms with Crippen molar-refractivity contribution in [2.45, 2.75) is 42.4 Å². The maximum Gasteiger partial charge on any atom is 0.261 e. The van der Waals surface area contributed by atoms with Crippen molar-refractivity contribution in [3.63, 3.8) is 0 Å². The highest BCUT2D eigenvalue weighted by atomic mass is 32.2. The summed E-state index contributed by atoms with van der Waals surface area (Å²) >= 11 is 0. The zero-order valence-corrected chi connectivity index (χ0v) is 16.0. The highest BCUT2D eigenvalue weighted by Crippen LogP contribution is 2.19. The summed E-state index contributed by atoms with van der Waals surface area (Å²) < 4.78 is 50.2. The van der Waals surface area contributed by atoms with E-state index in [1.54, 1.807) is 12.1 Å². The van der Waals surface area contributed by atoms with Crippen molar-refractivity contribution in [3.05, 3.63) is 54.1 Å². The SMILES string of the molecule is CCCCCc1ccc(NS(=O)(=O)c2ccc(S(C)(=O)=O)cc2)cc1. The first-order valence-corrected chi connectivity index (χ1v) is 11.5. The molecule has 0 saturated heterocycles. The van der Waals surface area contributed by atoms with Crippen LogP contribution in [0, 0.1) is 0 Å². The highest BCUT2D eigenvalue weighted by Gasteiger charge is 2.15. The van der Waals surface area contributed by atoms with E-state index in [-0.39, 0.29) is 9.79 Å². The minimum Gasteiger partial charge on any atom is -0.280 e. The third-order valence-corrected chi connectivity index (χ3v) is 6.36. The molecule has 0 heterocycles. The molecule has 0 spiro atoms. The molecule has 0 atom stereocenters. The molecule has 0 unspecified atom stereocenters. The number of benzene rings is 2. The summed E-state index contributed by atoms with van der Waals surface area (Å²) in [6.45, 7) is 2.15. The number of sulfone groups is 1. The summed E-state index contributed by atoms with van der Waals surface area (Å²) in [6.07, 6.45) is 5.52. The molecule has 0 radical (unpaired) electrons. The first-order chi connectivity index (χ1) is 11.7. The molecule has 0 saturated carbocycles. The molecule has 0 aliphatic carbocycles. The summed E-state index contributed by atoms with van der Waals surface area (Å²) in [5.41, 5.74) is 1.65. The normalized spacial score (nSPS) is 12.1. The van der Waals surface area contributed by atoms with Gasteiger partial charge in [0.2, 0.25) is 0 Å². The Labute approximate surface area is 150 Å². The number of nitrogens with one attached hydrogen (secondary N) is 1. The van der Waals surface area contributed by atoms with E-state index in [9.17, 15) is 16.8 Å². The van der Waals surface area contributed by atoms with E-state index in [4.69, 9.17) is 0 Å². The lowest BCUT2D eigenvalue weighted by Gasteiger charge is -2.09. The van der Waals surface area contributed by atoms with Gasteiger partial charge in [0, 0.05) is 11.9 Å². The molecule has 0 fully saturated rings. The van der Waals surface area contributed by atoms with Crippen molar-refractivity contribution in [3.8, 4) is 0 Å². The number of aryl methyl sites for hydroxylation is 1. The molecule has 0 bridgehead atoms. The van der Waals surface area contributed by atoms with Crippen molar-refractivity contribution < 1.29 is 16.8 Å². The minimum absolute atomic E-state index is 0.0203. The monoisotopic (exact) mass is 381 g/mol. The Morgan fingerprint density at radius 2 is 1.36 bits per heavy atom. The van der Waals surface area contributed by atoms with Gasteiger partial charge in [-0.25, -0.2) is 16.8 Å². The Kier molecular flexibility index (Phi) is 6.24. The summed E-state index contributed by atoms with van der Waals surface area (Å²) in [4.78, 5) is 0.106. The largest absolute Gasteiger partial charge is 0.280 e. The average Bonchev–Trinajstić information content (AvgIpc) is 2.56. The molecule has 7 heteroatoms. The maximum atomic E-state index is 12.4. The van der Waals surface area contributed by atoms with Gasteiger partial charge in [0.1, 0.15) is 0 Å². The van der Waals surface area contributed by atoms with Gasteiger partial charge in [-0.15, -0.1) is 0 Å². The number of hydrogen-bond acceptors (Lipinski definition) is 4. The second kappa shape index (κ2) is 8.01. The third kappa shape index (κ3) is 5.57. The van der Waals surface area contributed by atoms with Crippen LogP contribution in [0.4, 0.5) is 5.69 Å². The lowest BCUT2D eigenvalue weighted by atomic mass is 10.1. The third-order valence-electron chi connectivity index (χ3n) is 3.84. The fourth-order valence-corrected chi connectivity index (χ4v) is 4.09. The van der Waals surface area contributed by atoms with E-state index < -0.39 is 19.9 Å². The molecule has 1 N–H and O–H groups in total. The van der Waals surface area contributed by atoms with Crippen LogP contribution >= 0.6 is 0 Å². The Bertz CT molecular complexity index is 901. The van der Waals surface area contributed by atoms with Crippen molar-refractivity contribution in [1.82, 2.24) is 0 Å². The van der Waals surface area contributed by atoms with Crippen LogP contribution in [-0.2, 0) is 26.3 Å². The van der Waals surface area contributed by atoms with Gasteiger partial charge in [-0.1, -0.05) is 31.9 Å². The maximum absolute atomic E-state index is 12.4. The van der Waals surface area contributed by atoms with Crippen molar-refractivity contribution in [1.29, 1.82) is 0 Å². The molecular formula is C18H23NO4S2. The summed E-state index contributed by atoms with van der Waals surface area (Å²) in [6, 6.07) is 12.5. The molecule has 0 aromatic heterocycles. The van der Waals surface area contributed by atoms with Crippen LogP contribution < -0.4 is 4.72 Å². The smallest absolute Gasteiger partial charge is 0.261 e. The Balaban J connectivity index is 2.10. The summed E-state index contributed by atoms with van der Waals surface area (Å²) in [5, 5.41) is 0. The van der Waals surface area contributed by atoms with Crippen LogP contribution in [-0.4, -0.2) is 23.1 Å². The van der Waals surface area contributed by atoms with Crippen LogP contribution in [0.3, 0.4) is 0 Å². The van der Waals surface area contributed by atoms with E-state index in [1.807, 2.05) is 12.1 Å². The molecule has 136 valence electrons. The molecule has 0 aliphatic heterocycles. The lowest BCUT2D eigenvalue weighted by Crippen LogP contribution is -2.13. The second-order valence-electron chi connectivity index (χ2n) is 6.00. The van der Waals surface area contributed by atoms with E-state index in [0.717, 1.165) is 25.5 Å². The van der Waals surface area contributed by atoms with E-state index in [2.05, 4.69) is 11.6 Å². The van der Waals surface area contributed by atoms with Gasteiger partial charge in [-0.2, -0.15) is 0 Å². The topological polar surface area (TPSA) is 80.3 Å². The van der Waals surface area contributed by atoms with Crippen molar-refractivity contribution in [2.75, 3.05) is 11.0 Å². The van der Waals surface area contributed by atoms with E-state index in [0.29, 0.717) is 5.69 Å². The summed E-state index contributed by atoms with van der Waals surface area (Å²) in [5.74, 6) is 0. The molecule has 5 nitrogen and oxygen atoms in total. The van der Waals surface area contributed by atoms with Crippen LogP contribution in [0.25, 0.3) is 0 Å². The molecule has 2 aromatic rings. The van der Waals surface area contributed by atoms with Crippen LogP contribution in [0.2, 0.25) is 0 Å². The zero-order chi connectivity index (χ0) is 18.5. The number of hydrogen-bond donors (Lipinski definition) is 1. The quantitative estimate of drug-likeness (QED) is 0.708. The fourth-order valence-electron chi connectivity index (χ4n) is 2.40. The van der Waals surface area contributed by atoms with Gasteiger partial charge >= 0.3 is 0 Å². The van der Waals surface area contributed by atoms with Gasteiger partial charge in [-0.3, -0.25) is 4.72 Å². The predicted molar refractivity (Wildman–Crippen MR) is 100 cm³/mol. The molecule has 0 aliphatic rings. The van der Waals surface area contributed by atoms with Gasteiger partial charge < -0.3 is 0 Å². The molecule has 2 rings (SSSR count). The minimum atomic E-state index is -3.75. The number of unbranched alkanes of at least 4 members (excludes halogenated alkanes) is 2. The fraction of sp³-hybridized carbons (Fsp3) is 0.333. The van der Waals surface area contributed by atoms with Gasteiger partial charge in [0.05, 0.1) is 9.79 Å². The Hall–Kier alpha value is -1.86. The highest BCUT2D eigenvalue weighted by molar-refractivity contribution is 7.92. The van der Waals surface area contributed by atoms with E-state index in [1.165, 1.54) is 36.2 Å². The van der Waals surface area contributed by atoms with E-state index >= 15 is 0 Å². The molecule has 2 aromatic carbocycles. The first-order valence-electron chi connectivity index (χ1n) is 8.14. The predicted octanol–water partition coefficient (Wildman–Crippen LogP) is 3.62. The molecular weight excluding hydrogens is 358 g/mol. The van der Waals surface area contributed by atoms with Crippen LogP contribution in [0.5, 0.6) is 0 Å². The second-order valence-corrected chi connectivity index (χ2v) is 9.70. The number of rotatable bonds is 8. The van der Waals surface area contributed by atoms with Crippen LogP contribution in [0.1, 0.15) is 31.7 Å². The van der Waals surface area contributed by atoms with Crippen molar-refractivity contribution in [2.24, 2.45) is 0 Å². The zero-order valence-electron chi connectivity index (χ0n) is 14.4.